The molecule has 0 saturated carbocycles. The number of hydrogen-bond donors (Lipinski definition) is 2. The van der Waals surface area contributed by atoms with Crippen LogP contribution in [0.2, 0.25) is 0 Å². The molecular formula is C13H18N4O. The van der Waals surface area contributed by atoms with E-state index in [1.165, 1.54) is 0 Å². The van der Waals surface area contributed by atoms with Gasteiger partial charge in [0, 0.05) is 18.7 Å². The minimum atomic E-state index is -0.298. The molecule has 0 radical (unpaired) electrons. The van der Waals surface area contributed by atoms with Crippen LogP contribution in [0.25, 0.3) is 0 Å². The lowest BCUT2D eigenvalue weighted by Crippen LogP contribution is -2.30. The van der Waals surface area contributed by atoms with E-state index in [0.717, 1.165) is 18.7 Å². The number of nitrogens with zero attached hydrogens (tertiary/aromatic N) is 2. The minimum Gasteiger partial charge on any atom is -0.301 e. The zero-order chi connectivity index (χ0) is 13.5. The maximum absolute atomic E-state index is 11.2. The molecule has 0 aliphatic rings. The molecule has 0 fully saturated rings. The molecule has 1 amide bonds. The third-order valence-electron chi connectivity index (χ3n) is 2.61. The second kappa shape index (κ2) is 6.74. The third-order valence-corrected chi connectivity index (χ3v) is 2.61. The lowest BCUT2D eigenvalue weighted by Gasteiger charge is -2.17. The van der Waals surface area contributed by atoms with Gasteiger partial charge in [0.25, 0.3) is 5.91 Å². The van der Waals surface area contributed by atoms with Crippen LogP contribution in [0, 0.1) is 17.2 Å². The smallest absolute Gasteiger partial charge is 0.265 e. The number of hydrogen-bond acceptors (Lipinski definition) is 4. The maximum atomic E-state index is 11.2. The van der Waals surface area contributed by atoms with Gasteiger partial charge in [-0.1, -0.05) is 12.1 Å². The van der Waals surface area contributed by atoms with Crippen molar-refractivity contribution < 1.29 is 4.79 Å². The van der Waals surface area contributed by atoms with E-state index < -0.39 is 0 Å². The second-order valence-electron chi connectivity index (χ2n) is 4.40. The van der Waals surface area contributed by atoms with E-state index >= 15 is 0 Å². The highest BCUT2D eigenvalue weighted by atomic mass is 16.2. The van der Waals surface area contributed by atoms with Crippen LogP contribution in [0.5, 0.6) is 0 Å². The largest absolute Gasteiger partial charge is 0.301 e. The van der Waals surface area contributed by atoms with Gasteiger partial charge >= 0.3 is 0 Å². The highest BCUT2D eigenvalue weighted by molar-refractivity contribution is 5.93. The fourth-order valence-corrected chi connectivity index (χ4v) is 1.73. The first-order chi connectivity index (χ1) is 8.56. The normalized spacial score (nSPS) is 11.9. The lowest BCUT2D eigenvalue weighted by molar-refractivity contribution is 0.0953. The Kier molecular flexibility index (Phi) is 5.31. The van der Waals surface area contributed by atoms with Gasteiger partial charge in [-0.2, -0.15) is 5.26 Å². The minimum absolute atomic E-state index is 0.0114. The quantitative estimate of drug-likeness (QED) is 0.459. The molecule has 0 aromatic heterocycles. The number of nitrogen functional groups attached to an aromatic ring is 1. The van der Waals surface area contributed by atoms with E-state index in [-0.39, 0.29) is 11.8 Å². The number of nitrogens with one attached hydrogen (secondary N) is 1. The van der Waals surface area contributed by atoms with Gasteiger partial charge in [0.05, 0.1) is 12.0 Å². The highest BCUT2D eigenvalue weighted by Crippen LogP contribution is 2.08. The SMILES string of the molecule is CC(C#N)CN(C)Cc1ccc(C(=O)NN)cc1. The summed E-state index contributed by atoms with van der Waals surface area (Å²) >= 11 is 0. The lowest BCUT2D eigenvalue weighted by atomic mass is 10.1. The number of carbonyl (C=O) groups is 1. The molecule has 3 N–H and O–H groups in total. The molecule has 0 bridgehead atoms. The average Bonchev–Trinajstić information content (AvgIpc) is 2.38. The molecule has 1 atom stereocenters. The molecule has 1 unspecified atom stereocenters. The Hall–Kier alpha value is -1.90. The molecule has 5 nitrogen and oxygen atoms in total. The average molecular weight is 246 g/mol. The number of nitriles is 1. The van der Waals surface area contributed by atoms with E-state index in [2.05, 4.69) is 16.4 Å². The van der Waals surface area contributed by atoms with Gasteiger partial charge in [0.2, 0.25) is 0 Å². The van der Waals surface area contributed by atoms with Gasteiger partial charge in [-0.25, -0.2) is 5.84 Å². The number of benzene rings is 1. The molecule has 0 aliphatic heterocycles. The molecule has 5 heteroatoms. The number of amides is 1. The molecule has 0 heterocycles. The monoisotopic (exact) mass is 246 g/mol. The third kappa shape index (κ3) is 4.17. The topological polar surface area (TPSA) is 82.2 Å². The second-order valence-corrected chi connectivity index (χ2v) is 4.40. The van der Waals surface area contributed by atoms with Gasteiger partial charge in [-0.15, -0.1) is 0 Å². The van der Waals surface area contributed by atoms with Crippen LogP contribution in [0.3, 0.4) is 0 Å². The molecule has 1 aromatic carbocycles. The summed E-state index contributed by atoms with van der Waals surface area (Å²) in [5.74, 6) is 4.77. The first-order valence-corrected chi connectivity index (χ1v) is 5.75. The van der Waals surface area contributed by atoms with E-state index in [1.807, 2.05) is 26.1 Å². The standard InChI is InChI=1S/C13H18N4O/c1-10(7-14)8-17(2)9-11-3-5-12(6-4-11)13(18)16-15/h3-6,10H,8-9,15H2,1-2H3,(H,16,18). The Labute approximate surface area is 107 Å². The summed E-state index contributed by atoms with van der Waals surface area (Å²) in [6.07, 6.45) is 0. The first-order valence-electron chi connectivity index (χ1n) is 5.75. The summed E-state index contributed by atoms with van der Waals surface area (Å²) < 4.78 is 0. The van der Waals surface area contributed by atoms with Crippen molar-refractivity contribution in [2.75, 3.05) is 13.6 Å². The zero-order valence-electron chi connectivity index (χ0n) is 10.7. The van der Waals surface area contributed by atoms with Gasteiger partial charge < -0.3 is 4.90 Å². The Morgan fingerprint density at radius 2 is 2.11 bits per heavy atom. The van der Waals surface area contributed by atoms with Gasteiger partial charge in [0.1, 0.15) is 0 Å². The van der Waals surface area contributed by atoms with Crippen LogP contribution in [0.1, 0.15) is 22.8 Å². The summed E-state index contributed by atoms with van der Waals surface area (Å²) in [6.45, 7) is 3.36. The molecule has 1 aromatic rings. The number of nitrogens with two attached hydrogens (primary N) is 1. The Morgan fingerprint density at radius 3 is 2.61 bits per heavy atom. The molecule has 0 aliphatic carbocycles. The van der Waals surface area contributed by atoms with E-state index in [0.29, 0.717) is 5.56 Å². The van der Waals surface area contributed by atoms with Crippen LogP contribution < -0.4 is 11.3 Å². The van der Waals surface area contributed by atoms with Crippen molar-refractivity contribution in [1.29, 1.82) is 5.26 Å². The molecule has 96 valence electrons. The molecular weight excluding hydrogens is 228 g/mol. The fraction of sp³-hybridized carbons (Fsp3) is 0.385. The van der Waals surface area contributed by atoms with Gasteiger partial charge in [-0.05, 0) is 31.7 Å². The van der Waals surface area contributed by atoms with Crippen molar-refractivity contribution in [3.05, 3.63) is 35.4 Å². The molecule has 0 spiro atoms. The Balaban J connectivity index is 2.59. The van der Waals surface area contributed by atoms with Crippen molar-refractivity contribution in [2.24, 2.45) is 11.8 Å². The van der Waals surface area contributed by atoms with Crippen LogP contribution in [0.15, 0.2) is 24.3 Å². The van der Waals surface area contributed by atoms with E-state index in [4.69, 9.17) is 11.1 Å². The first kappa shape index (κ1) is 14.2. The summed E-state index contributed by atoms with van der Waals surface area (Å²) in [4.78, 5) is 13.3. The maximum Gasteiger partial charge on any atom is 0.265 e. The molecule has 0 saturated heterocycles. The Morgan fingerprint density at radius 1 is 1.50 bits per heavy atom. The van der Waals surface area contributed by atoms with E-state index in [1.54, 1.807) is 12.1 Å². The Bertz CT molecular complexity index is 435. The number of carbonyl (C=O) groups excluding carboxylic acids is 1. The fourth-order valence-electron chi connectivity index (χ4n) is 1.73. The summed E-state index contributed by atoms with van der Waals surface area (Å²) in [5.41, 5.74) is 3.72. The summed E-state index contributed by atoms with van der Waals surface area (Å²) in [6, 6.07) is 9.45. The van der Waals surface area contributed by atoms with E-state index in [9.17, 15) is 4.79 Å². The van der Waals surface area contributed by atoms with Gasteiger partial charge in [0.15, 0.2) is 0 Å². The summed E-state index contributed by atoms with van der Waals surface area (Å²) in [5, 5.41) is 8.74. The zero-order valence-corrected chi connectivity index (χ0v) is 10.7. The van der Waals surface area contributed by atoms with Crippen molar-refractivity contribution >= 4 is 5.91 Å². The van der Waals surface area contributed by atoms with Crippen LogP contribution in [-0.4, -0.2) is 24.4 Å². The van der Waals surface area contributed by atoms with Crippen LogP contribution in [-0.2, 0) is 6.54 Å². The number of rotatable bonds is 5. The van der Waals surface area contributed by atoms with Crippen molar-refractivity contribution in [3.63, 3.8) is 0 Å². The predicted molar refractivity (Wildman–Crippen MR) is 69.2 cm³/mol. The van der Waals surface area contributed by atoms with Crippen molar-refractivity contribution in [2.45, 2.75) is 13.5 Å². The van der Waals surface area contributed by atoms with Crippen molar-refractivity contribution in [3.8, 4) is 6.07 Å². The molecule has 1 rings (SSSR count). The number of hydrazine groups is 1. The van der Waals surface area contributed by atoms with Crippen molar-refractivity contribution in [1.82, 2.24) is 10.3 Å². The highest BCUT2D eigenvalue weighted by Gasteiger charge is 2.07. The van der Waals surface area contributed by atoms with Gasteiger partial charge in [-0.3, -0.25) is 10.2 Å². The molecule has 18 heavy (non-hydrogen) atoms. The van der Waals surface area contributed by atoms with Crippen LogP contribution in [0.4, 0.5) is 0 Å². The predicted octanol–water partition coefficient (Wildman–Crippen LogP) is 0.882. The van der Waals surface area contributed by atoms with Crippen LogP contribution >= 0.6 is 0 Å². The summed E-state index contributed by atoms with van der Waals surface area (Å²) in [7, 11) is 1.97.